The average Bonchev–Trinajstić information content (AvgIpc) is 3.14. The lowest BCUT2D eigenvalue weighted by Crippen LogP contribution is -2.54. The van der Waals surface area contributed by atoms with Crippen LogP contribution in [-0.2, 0) is 0 Å². The number of halogens is 2. The van der Waals surface area contributed by atoms with Gasteiger partial charge >= 0.3 is 6.03 Å². The lowest BCUT2D eigenvalue weighted by molar-refractivity contribution is 0.0585. The van der Waals surface area contributed by atoms with Gasteiger partial charge in [0, 0.05) is 31.0 Å². The summed E-state index contributed by atoms with van der Waals surface area (Å²) >= 11 is 14.1. The van der Waals surface area contributed by atoms with E-state index >= 15 is 0 Å². The van der Waals surface area contributed by atoms with Gasteiger partial charge in [0.25, 0.3) is 5.91 Å². The fourth-order valence-electron chi connectivity index (χ4n) is 4.10. The van der Waals surface area contributed by atoms with Crippen LogP contribution in [0.3, 0.4) is 0 Å². The van der Waals surface area contributed by atoms with Crippen LogP contribution in [0.15, 0.2) is 42.5 Å². The van der Waals surface area contributed by atoms with Gasteiger partial charge in [-0.05, 0) is 44.0 Å². The number of hydrogen-bond donors (Lipinski definition) is 1. The van der Waals surface area contributed by atoms with Gasteiger partial charge in [0.1, 0.15) is 0 Å². The molecule has 158 valence electrons. The second-order valence-electron chi connectivity index (χ2n) is 7.64. The number of nitrogens with one attached hydrogen (secondary N) is 1. The quantitative estimate of drug-likeness (QED) is 0.637. The van der Waals surface area contributed by atoms with Crippen molar-refractivity contribution in [2.45, 2.75) is 24.6 Å². The molecule has 8 heteroatoms. The van der Waals surface area contributed by atoms with Crippen LogP contribution < -0.4 is 5.32 Å². The third-order valence-corrected chi connectivity index (χ3v) is 8.08. The predicted molar refractivity (Wildman–Crippen MR) is 124 cm³/mol. The van der Waals surface area contributed by atoms with Crippen molar-refractivity contribution in [1.29, 1.82) is 0 Å². The molecule has 0 aliphatic carbocycles. The molecular weight excluding hydrogens is 441 g/mol. The number of urea groups is 1. The number of amides is 3. The van der Waals surface area contributed by atoms with Crippen LogP contribution >= 0.6 is 35.0 Å². The van der Waals surface area contributed by atoms with E-state index in [0.717, 1.165) is 36.3 Å². The maximum atomic E-state index is 13.2. The third-order valence-electron chi connectivity index (χ3n) is 5.71. The van der Waals surface area contributed by atoms with Gasteiger partial charge in [0.15, 0.2) is 0 Å². The molecule has 1 N–H and O–H groups in total. The van der Waals surface area contributed by atoms with Crippen LogP contribution in [0.1, 0.15) is 28.8 Å². The van der Waals surface area contributed by atoms with Crippen molar-refractivity contribution in [2.75, 3.05) is 30.7 Å². The van der Waals surface area contributed by atoms with Crippen molar-refractivity contribution in [3.63, 3.8) is 0 Å². The molecule has 0 saturated carbocycles. The Morgan fingerprint density at radius 1 is 1.07 bits per heavy atom. The zero-order valence-corrected chi connectivity index (χ0v) is 19.0. The Labute approximate surface area is 190 Å². The number of piperidine rings is 1. The number of nitrogens with zero attached hydrogens (tertiary/aromatic N) is 2. The lowest BCUT2D eigenvalue weighted by Gasteiger charge is -2.44. The van der Waals surface area contributed by atoms with Gasteiger partial charge in [-0.3, -0.25) is 4.79 Å². The molecule has 2 heterocycles. The number of anilines is 1. The van der Waals surface area contributed by atoms with Crippen molar-refractivity contribution in [1.82, 2.24) is 9.80 Å². The Hall–Kier alpha value is -1.89. The smallest absolute Gasteiger partial charge is 0.321 e. The minimum absolute atomic E-state index is 0.0762. The maximum absolute atomic E-state index is 13.2. The molecule has 0 radical (unpaired) electrons. The van der Waals surface area contributed by atoms with Crippen LogP contribution in [0.2, 0.25) is 10.0 Å². The van der Waals surface area contributed by atoms with E-state index in [1.165, 1.54) is 0 Å². The zero-order valence-electron chi connectivity index (χ0n) is 16.7. The van der Waals surface area contributed by atoms with E-state index in [2.05, 4.69) is 5.32 Å². The molecule has 0 bridgehead atoms. The first kappa shape index (κ1) is 21.3. The Balaban J connectivity index is 1.43. The van der Waals surface area contributed by atoms with E-state index in [1.807, 2.05) is 47.9 Å². The summed E-state index contributed by atoms with van der Waals surface area (Å²) in [6.07, 6.45) is 1.48. The number of likely N-dealkylation sites (tertiary alicyclic amines) is 1. The molecule has 1 spiro atoms. The standard InChI is InChI=1S/C22H23Cl2N3O2S/c1-15-4-2-5-16(14-15)20(28)27-12-13-30-22(27)8-10-26(11-9-22)21(29)25-18-7-3-6-17(23)19(18)24/h2-7,14H,8-13H2,1H3,(H,25,29). The molecule has 2 aliphatic heterocycles. The molecule has 0 unspecified atom stereocenters. The number of carbonyl (C=O) groups is 2. The van der Waals surface area contributed by atoms with E-state index in [1.54, 1.807) is 23.1 Å². The predicted octanol–water partition coefficient (Wildman–Crippen LogP) is 5.52. The van der Waals surface area contributed by atoms with Crippen molar-refractivity contribution in [2.24, 2.45) is 0 Å². The lowest BCUT2D eigenvalue weighted by atomic mass is 10.0. The summed E-state index contributed by atoms with van der Waals surface area (Å²) in [5.41, 5.74) is 2.31. The Kier molecular flexibility index (Phi) is 6.19. The fraction of sp³-hybridized carbons (Fsp3) is 0.364. The maximum Gasteiger partial charge on any atom is 0.321 e. The molecule has 4 rings (SSSR count). The normalized spacial score (nSPS) is 18.0. The molecule has 0 aromatic heterocycles. The molecular formula is C22H23Cl2N3O2S. The summed E-state index contributed by atoms with van der Waals surface area (Å²) in [6, 6.07) is 12.7. The summed E-state index contributed by atoms with van der Waals surface area (Å²) < 4.78 is 0. The van der Waals surface area contributed by atoms with Gasteiger partial charge < -0.3 is 15.1 Å². The van der Waals surface area contributed by atoms with Crippen molar-refractivity contribution < 1.29 is 9.59 Å². The van der Waals surface area contributed by atoms with Crippen LogP contribution in [-0.4, -0.2) is 52.0 Å². The van der Waals surface area contributed by atoms with Crippen molar-refractivity contribution in [3.05, 3.63) is 63.6 Å². The SMILES string of the molecule is Cc1cccc(C(=O)N2CCSC23CCN(C(=O)Nc2cccc(Cl)c2Cl)CC3)c1. The second kappa shape index (κ2) is 8.69. The van der Waals surface area contributed by atoms with E-state index in [4.69, 9.17) is 23.2 Å². The number of thioether (sulfide) groups is 1. The van der Waals surface area contributed by atoms with Crippen LogP contribution in [0.4, 0.5) is 10.5 Å². The van der Waals surface area contributed by atoms with Gasteiger partial charge in [-0.25, -0.2) is 4.79 Å². The number of benzene rings is 2. The zero-order chi connectivity index (χ0) is 21.3. The first-order valence-electron chi connectivity index (χ1n) is 9.92. The minimum Gasteiger partial charge on any atom is -0.324 e. The van der Waals surface area contributed by atoms with Gasteiger partial charge in [-0.15, -0.1) is 11.8 Å². The van der Waals surface area contributed by atoms with Crippen molar-refractivity contribution in [3.8, 4) is 0 Å². The van der Waals surface area contributed by atoms with Crippen LogP contribution in [0, 0.1) is 6.92 Å². The Morgan fingerprint density at radius 2 is 1.80 bits per heavy atom. The Morgan fingerprint density at radius 3 is 2.53 bits per heavy atom. The highest BCUT2D eigenvalue weighted by molar-refractivity contribution is 8.00. The summed E-state index contributed by atoms with van der Waals surface area (Å²) in [6.45, 7) is 3.89. The Bertz CT molecular complexity index is 977. The first-order valence-corrected chi connectivity index (χ1v) is 11.7. The van der Waals surface area contributed by atoms with Gasteiger partial charge in [0.2, 0.25) is 0 Å². The van der Waals surface area contributed by atoms with Crippen molar-refractivity contribution >= 4 is 52.6 Å². The molecule has 5 nitrogen and oxygen atoms in total. The van der Waals surface area contributed by atoms with Gasteiger partial charge in [-0.2, -0.15) is 0 Å². The number of aryl methyl sites for hydroxylation is 1. The highest BCUT2D eigenvalue weighted by Gasteiger charge is 2.47. The third kappa shape index (κ3) is 4.13. The molecule has 2 aliphatic rings. The highest BCUT2D eigenvalue weighted by atomic mass is 35.5. The molecule has 2 fully saturated rings. The van der Waals surface area contributed by atoms with E-state index in [0.29, 0.717) is 28.8 Å². The van der Waals surface area contributed by atoms with Gasteiger partial charge in [-0.1, -0.05) is 47.0 Å². The summed E-state index contributed by atoms with van der Waals surface area (Å²) in [5.74, 6) is 0.995. The average molecular weight is 464 g/mol. The number of hydrogen-bond acceptors (Lipinski definition) is 3. The number of carbonyl (C=O) groups excluding carboxylic acids is 2. The van der Waals surface area contributed by atoms with E-state index < -0.39 is 0 Å². The summed E-state index contributed by atoms with van der Waals surface area (Å²) in [7, 11) is 0. The molecule has 2 saturated heterocycles. The fourth-order valence-corrected chi connectivity index (χ4v) is 5.90. The first-order chi connectivity index (χ1) is 14.4. The van der Waals surface area contributed by atoms with Gasteiger partial charge in [0.05, 0.1) is 20.6 Å². The largest absolute Gasteiger partial charge is 0.324 e. The van der Waals surface area contributed by atoms with Crippen LogP contribution in [0.25, 0.3) is 0 Å². The number of rotatable bonds is 2. The molecule has 2 aromatic rings. The molecule has 3 amide bonds. The monoisotopic (exact) mass is 463 g/mol. The highest BCUT2D eigenvalue weighted by Crippen LogP contribution is 2.44. The summed E-state index contributed by atoms with van der Waals surface area (Å²) in [5, 5.41) is 3.59. The van der Waals surface area contributed by atoms with E-state index in [9.17, 15) is 9.59 Å². The molecule has 2 aromatic carbocycles. The van der Waals surface area contributed by atoms with Crippen LogP contribution in [0.5, 0.6) is 0 Å². The van der Waals surface area contributed by atoms with E-state index in [-0.39, 0.29) is 16.8 Å². The minimum atomic E-state index is -0.245. The summed E-state index contributed by atoms with van der Waals surface area (Å²) in [4.78, 5) is 29.5. The molecule has 0 atom stereocenters. The topological polar surface area (TPSA) is 52.7 Å². The second-order valence-corrected chi connectivity index (χ2v) is 9.88. The molecule has 30 heavy (non-hydrogen) atoms.